The molecule has 0 aromatic heterocycles. The van der Waals surface area contributed by atoms with Gasteiger partial charge in [0.1, 0.15) is 5.75 Å². The third-order valence-corrected chi connectivity index (χ3v) is 7.01. The van der Waals surface area contributed by atoms with Gasteiger partial charge in [0.15, 0.2) is 0 Å². The number of methoxy groups -OCH3 is 1. The van der Waals surface area contributed by atoms with E-state index in [0.29, 0.717) is 25.3 Å². The minimum absolute atomic E-state index is 0.00328. The van der Waals surface area contributed by atoms with Crippen LogP contribution in [0.4, 0.5) is 0 Å². The van der Waals surface area contributed by atoms with E-state index in [9.17, 15) is 13.2 Å². The van der Waals surface area contributed by atoms with E-state index in [0.717, 1.165) is 0 Å². The van der Waals surface area contributed by atoms with Gasteiger partial charge in [0.25, 0.3) is 0 Å². The molecule has 2 aliphatic heterocycles. The highest BCUT2D eigenvalue weighted by atomic mass is 32.2. The van der Waals surface area contributed by atoms with Crippen LogP contribution in [0.3, 0.4) is 0 Å². The lowest BCUT2D eigenvalue weighted by Crippen LogP contribution is -2.45. The Morgan fingerprint density at radius 3 is 2.46 bits per heavy atom. The third kappa shape index (κ3) is 2.78. The molecule has 1 aromatic rings. The fourth-order valence-corrected chi connectivity index (χ4v) is 5.26. The van der Waals surface area contributed by atoms with E-state index in [-0.39, 0.29) is 28.8 Å². The van der Waals surface area contributed by atoms with Crippen LogP contribution in [0.2, 0.25) is 0 Å². The van der Waals surface area contributed by atoms with Gasteiger partial charge in [-0.1, -0.05) is 0 Å². The predicted molar refractivity (Wildman–Crippen MR) is 89.3 cm³/mol. The summed E-state index contributed by atoms with van der Waals surface area (Å²) in [5.74, 6) is 0.808. The van der Waals surface area contributed by atoms with E-state index in [1.54, 1.807) is 38.4 Å². The fraction of sp³-hybridized carbons (Fsp3) is 0.562. The van der Waals surface area contributed by atoms with Gasteiger partial charge in [0.2, 0.25) is 15.9 Å². The van der Waals surface area contributed by atoms with Crippen molar-refractivity contribution < 1.29 is 17.9 Å². The van der Waals surface area contributed by atoms with Crippen LogP contribution < -0.4 is 10.1 Å². The topological polar surface area (TPSA) is 79.0 Å². The Labute approximate surface area is 142 Å². The molecule has 7 nitrogen and oxygen atoms in total. The number of amides is 1. The van der Waals surface area contributed by atoms with E-state index in [1.807, 2.05) is 11.9 Å². The van der Waals surface area contributed by atoms with Crippen molar-refractivity contribution in [2.45, 2.75) is 23.4 Å². The lowest BCUT2D eigenvalue weighted by molar-refractivity contribution is -0.125. The van der Waals surface area contributed by atoms with Gasteiger partial charge in [-0.15, -0.1) is 0 Å². The number of nitrogens with one attached hydrogen (secondary N) is 1. The van der Waals surface area contributed by atoms with E-state index >= 15 is 0 Å². The lowest BCUT2D eigenvalue weighted by atomic mass is 10.0. The summed E-state index contributed by atoms with van der Waals surface area (Å²) in [6.07, 6.45) is 0.690. The van der Waals surface area contributed by atoms with Gasteiger partial charge in [-0.3, -0.25) is 9.69 Å². The normalized spacial score (nSPS) is 27.9. The molecule has 1 aromatic carbocycles. The zero-order valence-corrected chi connectivity index (χ0v) is 14.9. The quantitative estimate of drug-likeness (QED) is 0.833. The van der Waals surface area contributed by atoms with Crippen molar-refractivity contribution >= 4 is 15.9 Å². The van der Waals surface area contributed by atoms with E-state index < -0.39 is 10.0 Å². The Morgan fingerprint density at radius 2 is 1.92 bits per heavy atom. The van der Waals surface area contributed by atoms with Crippen molar-refractivity contribution in [1.29, 1.82) is 0 Å². The molecule has 2 saturated heterocycles. The van der Waals surface area contributed by atoms with E-state index in [2.05, 4.69) is 5.32 Å². The second-order valence-electron chi connectivity index (χ2n) is 6.36. The molecule has 3 rings (SSSR count). The molecular weight excluding hydrogens is 330 g/mol. The van der Waals surface area contributed by atoms with Gasteiger partial charge in [0, 0.05) is 26.2 Å². The number of ether oxygens (including phenoxy) is 1. The summed E-state index contributed by atoms with van der Waals surface area (Å²) in [6.45, 7) is 0.875. The Balaban J connectivity index is 1.75. The smallest absolute Gasteiger partial charge is 0.243 e. The molecule has 8 heteroatoms. The molecule has 1 N–H and O–H groups in total. The Morgan fingerprint density at radius 1 is 1.25 bits per heavy atom. The number of rotatable bonds is 4. The second-order valence-corrected chi connectivity index (χ2v) is 8.29. The summed E-state index contributed by atoms with van der Waals surface area (Å²) in [4.78, 5) is 14.2. The molecule has 3 atom stereocenters. The molecule has 2 heterocycles. The van der Waals surface area contributed by atoms with Crippen molar-refractivity contribution in [2.24, 2.45) is 5.92 Å². The van der Waals surface area contributed by atoms with Crippen molar-refractivity contribution in [3.05, 3.63) is 24.3 Å². The Kier molecular flexibility index (Phi) is 4.54. The second kappa shape index (κ2) is 6.34. The van der Waals surface area contributed by atoms with Crippen LogP contribution in [0, 0.1) is 5.92 Å². The van der Waals surface area contributed by atoms with Crippen LogP contribution in [0.1, 0.15) is 6.42 Å². The number of benzene rings is 1. The minimum Gasteiger partial charge on any atom is -0.497 e. The summed E-state index contributed by atoms with van der Waals surface area (Å²) in [5.41, 5.74) is 0. The molecule has 2 fully saturated rings. The number of likely N-dealkylation sites (tertiary alicyclic amines) is 1. The van der Waals surface area contributed by atoms with E-state index in [1.165, 1.54) is 4.31 Å². The zero-order valence-electron chi connectivity index (χ0n) is 14.1. The first-order chi connectivity index (χ1) is 11.4. The maximum atomic E-state index is 12.8. The van der Waals surface area contributed by atoms with Gasteiger partial charge >= 0.3 is 0 Å². The van der Waals surface area contributed by atoms with Crippen molar-refractivity contribution in [2.75, 3.05) is 34.3 Å². The number of sulfonamides is 1. The number of fused-ring (bicyclic) bond motifs is 1. The highest BCUT2D eigenvalue weighted by molar-refractivity contribution is 7.89. The number of nitrogens with zero attached hydrogens (tertiary/aromatic N) is 2. The highest BCUT2D eigenvalue weighted by Crippen LogP contribution is 2.37. The Bertz CT molecular complexity index is 719. The summed E-state index contributed by atoms with van der Waals surface area (Å²) < 4.78 is 32.3. The number of hydrogen-bond acceptors (Lipinski definition) is 5. The molecule has 0 bridgehead atoms. The van der Waals surface area contributed by atoms with Crippen LogP contribution in [-0.4, -0.2) is 69.9 Å². The van der Waals surface area contributed by atoms with Crippen molar-refractivity contribution in [1.82, 2.24) is 14.5 Å². The monoisotopic (exact) mass is 353 g/mol. The van der Waals surface area contributed by atoms with Gasteiger partial charge in [-0.05, 0) is 43.7 Å². The van der Waals surface area contributed by atoms with Crippen LogP contribution >= 0.6 is 0 Å². The van der Waals surface area contributed by atoms with Crippen LogP contribution in [0.25, 0.3) is 0 Å². The average Bonchev–Trinajstić information content (AvgIpc) is 3.14. The molecule has 0 radical (unpaired) electrons. The third-order valence-electron chi connectivity index (χ3n) is 5.16. The van der Waals surface area contributed by atoms with Gasteiger partial charge in [-0.2, -0.15) is 4.31 Å². The van der Waals surface area contributed by atoms with Gasteiger partial charge < -0.3 is 10.1 Å². The van der Waals surface area contributed by atoms with E-state index in [4.69, 9.17) is 4.74 Å². The summed E-state index contributed by atoms with van der Waals surface area (Å²) in [7, 11) is 1.55. The molecule has 2 aliphatic rings. The van der Waals surface area contributed by atoms with Crippen molar-refractivity contribution in [3.8, 4) is 5.75 Å². The number of likely N-dealkylation sites (N-methyl/N-ethyl adjacent to an activating group) is 2. The maximum absolute atomic E-state index is 12.8. The van der Waals surface area contributed by atoms with Crippen LogP contribution in [0.5, 0.6) is 5.75 Å². The van der Waals surface area contributed by atoms with Crippen molar-refractivity contribution in [3.63, 3.8) is 0 Å². The molecule has 1 amide bonds. The SMILES string of the molecule is CNC(=O)[C@@H]1CC2CN(S(=O)(=O)c3ccc(OC)cc3)CC2N1C. The van der Waals surface area contributed by atoms with Crippen LogP contribution in [0.15, 0.2) is 29.2 Å². The first-order valence-electron chi connectivity index (χ1n) is 7.96. The molecular formula is C16H23N3O4S. The standard InChI is InChI=1S/C16H23N3O4S/c1-17-16(20)14-8-11-9-19(10-15(11)18(14)2)24(21,22)13-6-4-12(23-3)5-7-13/h4-7,11,14-15H,8-10H2,1-3H3,(H,17,20)/t11?,14-,15?/m0/s1. The first-order valence-corrected chi connectivity index (χ1v) is 9.40. The summed E-state index contributed by atoms with van der Waals surface area (Å²) in [5, 5.41) is 2.68. The average molecular weight is 353 g/mol. The largest absolute Gasteiger partial charge is 0.497 e. The summed E-state index contributed by atoms with van der Waals surface area (Å²) in [6, 6.07) is 6.35. The zero-order chi connectivity index (χ0) is 17.5. The molecule has 2 unspecified atom stereocenters. The number of hydrogen-bond donors (Lipinski definition) is 1. The molecule has 24 heavy (non-hydrogen) atoms. The first kappa shape index (κ1) is 17.2. The Hall–Kier alpha value is -1.64. The predicted octanol–water partition coefficient (Wildman–Crippen LogP) is 0.134. The number of carbonyl (C=O) groups is 1. The van der Waals surface area contributed by atoms with Crippen LogP contribution in [-0.2, 0) is 14.8 Å². The van der Waals surface area contributed by atoms with Gasteiger partial charge in [-0.25, -0.2) is 8.42 Å². The lowest BCUT2D eigenvalue weighted by Gasteiger charge is -2.25. The maximum Gasteiger partial charge on any atom is 0.243 e. The highest BCUT2D eigenvalue weighted by Gasteiger charge is 2.49. The molecule has 0 saturated carbocycles. The fourth-order valence-electron chi connectivity index (χ4n) is 3.74. The number of carbonyl (C=O) groups excluding carboxylic acids is 1. The molecule has 132 valence electrons. The van der Waals surface area contributed by atoms with Gasteiger partial charge in [0.05, 0.1) is 18.0 Å². The minimum atomic E-state index is -3.52. The molecule has 0 spiro atoms. The summed E-state index contributed by atoms with van der Waals surface area (Å²) >= 11 is 0. The molecule has 0 aliphatic carbocycles.